The van der Waals surface area contributed by atoms with E-state index < -0.39 is 11.7 Å². The van der Waals surface area contributed by atoms with Gasteiger partial charge >= 0.3 is 5.91 Å². The number of benzene rings is 1. The third-order valence-corrected chi connectivity index (χ3v) is 3.48. The third-order valence-electron chi connectivity index (χ3n) is 3.48. The molecular formula is C17H12FN3O2. The highest BCUT2D eigenvalue weighted by molar-refractivity contribution is 5.96. The summed E-state index contributed by atoms with van der Waals surface area (Å²) in [6.45, 7) is 0.704. The fourth-order valence-corrected chi connectivity index (χ4v) is 2.35. The molecule has 0 saturated heterocycles. The van der Waals surface area contributed by atoms with E-state index in [2.05, 4.69) is 10.2 Å². The van der Waals surface area contributed by atoms with Crippen LogP contribution in [0.3, 0.4) is 0 Å². The molecule has 0 unspecified atom stereocenters. The Balaban J connectivity index is 2.02. The van der Waals surface area contributed by atoms with Crippen LogP contribution < -0.4 is 4.90 Å². The zero-order chi connectivity index (χ0) is 16.2. The van der Waals surface area contributed by atoms with Crippen LogP contribution >= 0.6 is 0 Å². The molecule has 0 saturated carbocycles. The normalized spacial score (nSPS) is 13.2. The fourth-order valence-electron chi connectivity index (χ4n) is 2.35. The van der Waals surface area contributed by atoms with Gasteiger partial charge in [0, 0.05) is 35.4 Å². The van der Waals surface area contributed by atoms with Crippen molar-refractivity contribution in [2.75, 3.05) is 11.4 Å². The van der Waals surface area contributed by atoms with Crippen LogP contribution in [-0.4, -0.2) is 17.4 Å². The number of pyridine rings is 1. The van der Waals surface area contributed by atoms with Gasteiger partial charge in [-0.05, 0) is 30.3 Å². The zero-order valence-electron chi connectivity index (χ0n) is 12.0. The van der Waals surface area contributed by atoms with Gasteiger partial charge in [-0.1, -0.05) is 18.2 Å². The summed E-state index contributed by atoms with van der Waals surface area (Å²) in [6.07, 6.45) is 9.32. The van der Waals surface area contributed by atoms with Gasteiger partial charge < -0.3 is 4.90 Å². The first-order chi connectivity index (χ1) is 11.2. The lowest BCUT2D eigenvalue weighted by molar-refractivity contribution is 0.0997. The van der Waals surface area contributed by atoms with Crippen LogP contribution in [0.15, 0.2) is 66.1 Å². The van der Waals surface area contributed by atoms with Crippen molar-refractivity contribution in [3.63, 3.8) is 0 Å². The Bertz CT molecular complexity index is 830. The van der Waals surface area contributed by atoms with Crippen LogP contribution in [0.4, 0.5) is 10.1 Å². The summed E-state index contributed by atoms with van der Waals surface area (Å²) in [4.78, 5) is 27.9. The van der Waals surface area contributed by atoms with Gasteiger partial charge in [-0.3, -0.25) is 9.78 Å². The molecular weight excluding hydrogens is 297 g/mol. The number of hydrogen-bond donors (Lipinski definition) is 0. The Morgan fingerprint density at radius 1 is 1.26 bits per heavy atom. The lowest BCUT2D eigenvalue weighted by Gasteiger charge is -2.21. The van der Waals surface area contributed by atoms with Gasteiger partial charge in [0.25, 0.3) is 0 Å². The van der Waals surface area contributed by atoms with Crippen molar-refractivity contribution in [2.24, 2.45) is 5.18 Å². The Hall–Kier alpha value is -3.15. The average Bonchev–Trinajstić information content (AvgIpc) is 2.62. The molecule has 0 aliphatic carbocycles. The van der Waals surface area contributed by atoms with Gasteiger partial charge in [0.2, 0.25) is 0 Å². The maximum absolute atomic E-state index is 14.5. The molecule has 0 atom stereocenters. The molecule has 0 spiro atoms. The molecule has 6 heteroatoms. The topological polar surface area (TPSA) is 62.6 Å². The van der Waals surface area contributed by atoms with Gasteiger partial charge in [-0.25, -0.2) is 4.39 Å². The molecule has 23 heavy (non-hydrogen) atoms. The Labute approximate surface area is 131 Å². The van der Waals surface area contributed by atoms with Gasteiger partial charge in [0.15, 0.2) is 0 Å². The number of allylic oxidation sites excluding steroid dienone is 2. The second-order valence-electron chi connectivity index (χ2n) is 4.88. The lowest BCUT2D eigenvalue weighted by atomic mass is 10.1. The number of anilines is 1. The lowest BCUT2D eigenvalue weighted by Crippen LogP contribution is -2.17. The van der Waals surface area contributed by atoms with E-state index in [-0.39, 0.29) is 11.1 Å². The number of nitrogens with zero attached hydrogens (tertiary/aromatic N) is 3. The van der Waals surface area contributed by atoms with E-state index >= 15 is 0 Å². The maximum Gasteiger partial charge on any atom is 0.319 e. The summed E-state index contributed by atoms with van der Waals surface area (Å²) in [5.41, 5.74) is 1.02. The first kappa shape index (κ1) is 14.8. The van der Waals surface area contributed by atoms with Crippen molar-refractivity contribution in [3.05, 3.63) is 77.2 Å². The molecule has 1 aromatic carbocycles. The second kappa shape index (κ2) is 6.31. The molecule has 0 fully saturated rings. The monoisotopic (exact) mass is 309 g/mol. The van der Waals surface area contributed by atoms with E-state index in [0.717, 1.165) is 5.69 Å². The minimum atomic E-state index is -1.13. The molecule has 1 aliphatic rings. The summed E-state index contributed by atoms with van der Waals surface area (Å²) < 4.78 is 14.5. The molecule has 114 valence electrons. The van der Waals surface area contributed by atoms with E-state index in [1.54, 1.807) is 12.3 Å². The number of rotatable bonds is 3. The maximum atomic E-state index is 14.5. The van der Waals surface area contributed by atoms with Crippen LogP contribution in [-0.2, 0) is 0 Å². The molecule has 1 aliphatic heterocycles. The van der Waals surface area contributed by atoms with Crippen LogP contribution in [0.1, 0.15) is 10.4 Å². The molecule has 0 radical (unpaired) electrons. The first-order valence-electron chi connectivity index (χ1n) is 6.93. The minimum absolute atomic E-state index is 0.151. The van der Waals surface area contributed by atoms with Crippen LogP contribution in [0.25, 0.3) is 11.3 Å². The number of halogens is 1. The molecule has 2 heterocycles. The van der Waals surface area contributed by atoms with Gasteiger partial charge in [-0.2, -0.15) is 0 Å². The van der Waals surface area contributed by atoms with E-state index in [0.29, 0.717) is 12.2 Å². The van der Waals surface area contributed by atoms with Crippen molar-refractivity contribution in [1.29, 1.82) is 0 Å². The molecule has 3 rings (SSSR count). The van der Waals surface area contributed by atoms with E-state index in [1.807, 2.05) is 35.4 Å². The molecule has 5 nitrogen and oxygen atoms in total. The van der Waals surface area contributed by atoms with Crippen molar-refractivity contribution in [1.82, 2.24) is 4.98 Å². The number of amides is 1. The standard InChI is InChI=1S/C17H12FN3O2/c18-16-13(5-4-6-14(16)17(22)20-23)15-11-12(7-8-19-15)21-9-2-1-3-10-21/h1-9,11H,10H2. The quantitative estimate of drug-likeness (QED) is 0.811. The van der Waals surface area contributed by atoms with Gasteiger partial charge in [0.1, 0.15) is 5.82 Å². The first-order valence-corrected chi connectivity index (χ1v) is 6.93. The number of carbonyl (C=O) groups is 1. The van der Waals surface area contributed by atoms with Crippen LogP contribution in [0, 0.1) is 10.7 Å². The number of carbonyl (C=O) groups excluding carboxylic acids is 1. The van der Waals surface area contributed by atoms with Gasteiger partial charge in [0.05, 0.1) is 11.3 Å². The number of hydrogen-bond acceptors (Lipinski definition) is 4. The predicted molar refractivity (Wildman–Crippen MR) is 85.4 cm³/mol. The van der Waals surface area contributed by atoms with Crippen molar-refractivity contribution >= 4 is 11.6 Å². The Morgan fingerprint density at radius 2 is 2.13 bits per heavy atom. The Kier molecular flexibility index (Phi) is 4.05. The minimum Gasteiger partial charge on any atom is -0.344 e. The van der Waals surface area contributed by atoms with E-state index in [1.165, 1.54) is 18.2 Å². The molecule has 0 N–H and O–H groups in total. The fraction of sp³-hybridized carbons (Fsp3) is 0.0588. The van der Waals surface area contributed by atoms with Gasteiger partial charge in [-0.15, -0.1) is 4.91 Å². The van der Waals surface area contributed by atoms with Crippen molar-refractivity contribution < 1.29 is 9.18 Å². The largest absolute Gasteiger partial charge is 0.344 e. The molecule has 1 aromatic heterocycles. The van der Waals surface area contributed by atoms with E-state index in [9.17, 15) is 14.1 Å². The SMILES string of the molecule is O=NC(=O)c1cccc(-c2cc(N3C=CC=CC3)ccn2)c1F. The van der Waals surface area contributed by atoms with Crippen molar-refractivity contribution in [2.45, 2.75) is 0 Å². The summed E-state index contributed by atoms with van der Waals surface area (Å²) in [6, 6.07) is 7.77. The molecule has 2 aromatic rings. The number of nitroso groups, excluding NO2 is 1. The highest BCUT2D eigenvalue weighted by Gasteiger charge is 2.17. The Morgan fingerprint density at radius 3 is 2.87 bits per heavy atom. The predicted octanol–water partition coefficient (Wildman–Crippen LogP) is 3.68. The van der Waals surface area contributed by atoms with Crippen LogP contribution in [0.5, 0.6) is 0 Å². The highest BCUT2D eigenvalue weighted by Crippen LogP contribution is 2.27. The van der Waals surface area contributed by atoms with Crippen molar-refractivity contribution in [3.8, 4) is 11.3 Å². The highest BCUT2D eigenvalue weighted by atomic mass is 19.1. The third kappa shape index (κ3) is 2.91. The smallest absolute Gasteiger partial charge is 0.319 e. The summed E-state index contributed by atoms with van der Waals surface area (Å²) >= 11 is 0. The molecule has 0 bridgehead atoms. The zero-order valence-corrected chi connectivity index (χ0v) is 12.0. The average molecular weight is 309 g/mol. The van der Waals surface area contributed by atoms with E-state index in [4.69, 9.17) is 0 Å². The summed E-state index contributed by atoms with van der Waals surface area (Å²) in [5, 5.41) is 2.27. The van der Waals surface area contributed by atoms with Crippen LogP contribution in [0.2, 0.25) is 0 Å². The summed E-state index contributed by atoms with van der Waals surface area (Å²) in [7, 11) is 0. The molecule has 1 amide bonds. The second-order valence-corrected chi connectivity index (χ2v) is 4.88. The summed E-state index contributed by atoms with van der Waals surface area (Å²) in [5.74, 6) is -1.93. The number of aromatic nitrogens is 1.